The van der Waals surface area contributed by atoms with Gasteiger partial charge < -0.3 is 19.9 Å². The fraction of sp³-hybridized carbons (Fsp3) is 0.304. The summed E-state index contributed by atoms with van der Waals surface area (Å²) >= 11 is 0. The van der Waals surface area contributed by atoms with Gasteiger partial charge in [0.25, 0.3) is 0 Å². The Hall–Kier alpha value is -1.28. The van der Waals surface area contributed by atoms with Crippen LogP contribution in [0.4, 0.5) is 0 Å². The van der Waals surface area contributed by atoms with Gasteiger partial charge in [0.05, 0.1) is 29.7 Å². The van der Waals surface area contributed by atoms with Gasteiger partial charge in [0.1, 0.15) is 0 Å². The van der Waals surface area contributed by atoms with Crippen LogP contribution in [0, 0.1) is 5.92 Å². The molecule has 1 unspecified atom stereocenters. The van der Waals surface area contributed by atoms with Crippen LogP contribution in [0.1, 0.15) is 31.4 Å². The van der Waals surface area contributed by atoms with Crippen molar-refractivity contribution in [1.82, 2.24) is 4.90 Å². The fourth-order valence-electron chi connectivity index (χ4n) is 4.48. The van der Waals surface area contributed by atoms with Crippen molar-refractivity contribution in [1.29, 1.82) is 0 Å². The maximum atomic E-state index is 12.5. The van der Waals surface area contributed by atoms with Crippen molar-refractivity contribution >= 4 is 17.4 Å². The van der Waals surface area contributed by atoms with Gasteiger partial charge in [-0.05, 0) is 53.7 Å². The Kier molecular flexibility index (Phi) is 6.83. The van der Waals surface area contributed by atoms with E-state index in [9.17, 15) is 19.8 Å². The van der Waals surface area contributed by atoms with Crippen molar-refractivity contribution in [3.63, 3.8) is 0 Å². The summed E-state index contributed by atoms with van der Waals surface area (Å²) < 4.78 is 0. The summed E-state index contributed by atoms with van der Waals surface area (Å²) in [6, 6.07) is 15.6. The normalized spacial score (nSPS) is 21.3. The third-order valence-electron chi connectivity index (χ3n) is 5.84. The molecule has 2 aliphatic rings. The van der Waals surface area contributed by atoms with Crippen LogP contribution in [-0.2, 0) is 16.0 Å². The molecule has 0 aromatic heterocycles. The van der Waals surface area contributed by atoms with Crippen LogP contribution in [0.5, 0.6) is 0 Å². The Morgan fingerprint density at radius 1 is 1.21 bits per heavy atom. The first kappa shape index (κ1) is 22.4. The Bertz CT molecular complexity index is 984. The van der Waals surface area contributed by atoms with E-state index < -0.39 is 18.0 Å². The van der Waals surface area contributed by atoms with E-state index in [0.717, 1.165) is 28.7 Å². The molecule has 2 aromatic carbocycles. The summed E-state index contributed by atoms with van der Waals surface area (Å²) in [5.74, 6) is -2.25. The van der Waals surface area contributed by atoms with E-state index in [0.29, 0.717) is 12.0 Å². The van der Waals surface area contributed by atoms with Gasteiger partial charge in [-0.15, -0.1) is 0 Å². The first-order chi connectivity index (χ1) is 13.4. The number of aliphatic hydroxyl groups is 1. The van der Waals surface area contributed by atoms with E-state index >= 15 is 0 Å². The van der Waals surface area contributed by atoms with Gasteiger partial charge in [0.2, 0.25) is 5.91 Å². The van der Waals surface area contributed by atoms with Crippen LogP contribution < -0.4 is 56.5 Å². The molecule has 1 N–H and O–H groups in total. The number of hydrogen-bond acceptors (Lipinski definition) is 4. The summed E-state index contributed by atoms with van der Waals surface area (Å²) in [7, 11) is 0. The Morgan fingerprint density at radius 2 is 1.90 bits per heavy atom. The van der Waals surface area contributed by atoms with Gasteiger partial charge >= 0.3 is 51.4 Å². The minimum atomic E-state index is -1.35. The first-order valence-electron chi connectivity index (χ1n) is 9.58. The summed E-state index contributed by atoms with van der Waals surface area (Å²) in [6.07, 6.45) is 0.347. The average molecular weight is 416 g/mol. The standard InChI is InChI=1S/C23H23NO4.K/c1-3-14-9-10-16(15-7-5-4-6-8-15)11-17(14)18-12-19-20(13(2)25)22(26)24(19)21(18)23(27)28;/h4-11,13,19-20,25H,3,12H2,1-2H3,(H,27,28);/q;+1/p-1/t13-,19?,20-;/m1./s1. The molecule has 2 aromatic rings. The van der Waals surface area contributed by atoms with Crippen LogP contribution >= 0.6 is 0 Å². The minimum Gasteiger partial charge on any atom is -0.543 e. The van der Waals surface area contributed by atoms with Gasteiger partial charge in [0.15, 0.2) is 0 Å². The number of aliphatic hydroxyl groups excluding tert-OH is 1. The average Bonchev–Trinajstić information content (AvgIpc) is 3.03. The van der Waals surface area contributed by atoms with Gasteiger partial charge in [-0.1, -0.05) is 49.4 Å². The molecule has 4 rings (SSSR count). The summed E-state index contributed by atoms with van der Waals surface area (Å²) in [4.78, 5) is 25.7. The van der Waals surface area contributed by atoms with E-state index in [2.05, 4.69) is 0 Å². The molecule has 5 nitrogen and oxygen atoms in total. The molecule has 0 spiro atoms. The number of carboxylic acid groups (broad SMARTS) is 1. The van der Waals surface area contributed by atoms with Gasteiger partial charge in [-0.3, -0.25) is 4.79 Å². The number of hydrogen-bond donors (Lipinski definition) is 1. The second kappa shape index (κ2) is 8.84. The number of amides is 1. The molecule has 29 heavy (non-hydrogen) atoms. The number of aliphatic carboxylic acids is 1. The number of carboxylic acids is 1. The van der Waals surface area contributed by atoms with Crippen LogP contribution in [-0.4, -0.2) is 34.0 Å². The smallest absolute Gasteiger partial charge is 0.543 e. The van der Waals surface area contributed by atoms with E-state index in [4.69, 9.17) is 0 Å². The van der Waals surface area contributed by atoms with Crippen molar-refractivity contribution in [2.75, 3.05) is 0 Å². The molecule has 2 aliphatic heterocycles. The zero-order chi connectivity index (χ0) is 20.0. The molecule has 1 saturated heterocycles. The monoisotopic (exact) mass is 415 g/mol. The van der Waals surface area contributed by atoms with Gasteiger partial charge in [0, 0.05) is 0 Å². The fourth-order valence-corrected chi connectivity index (χ4v) is 4.48. The predicted octanol–water partition coefficient (Wildman–Crippen LogP) is -1.01. The zero-order valence-electron chi connectivity index (χ0n) is 16.9. The molecule has 3 atom stereocenters. The number of carbonyl (C=O) groups excluding carboxylic acids is 2. The zero-order valence-corrected chi connectivity index (χ0v) is 20.0. The van der Waals surface area contributed by atoms with E-state index in [1.807, 2.05) is 55.5 Å². The van der Waals surface area contributed by atoms with Crippen LogP contribution in [0.25, 0.3) is 16.7 Å². The van der Waals surface area contributed by atoms with Crippen molar-refractivity contribution in [2.24, 2.45) is 5.92 Å². The number of nitrogens with zero attached hydrogens (tertiary/aromatic N) is 1. The number of carbonyl (C=O) groups is 2. The number of benzene rings is 2. The molecule has 144 valence electrons. The first-order valence-corrected chi connectivity index (χ1v) is 9.58. The molecular weight excluding hydrogens is 393 g/mol. The molecule has 1 amide bonds. The van der Waals surface area contributed by atoms with Crippen LogP contribution in [0.3, 0.4) is 0 Å². The van der Waals surface area contributed by atoms with Crippen molar-refractivity contribution in [3.05, 3.63) is 65.4 Å². The predicted molar refractivity (Wildman–Crippen MR) is 104 cm³/mol. The topological polar surface area (TPSA) is 80.7 Å². The van der Waals surface area contributed by atoms with Crippen LogP contribution in [0.15, 0.2) is 54.2 Å². The number of fused-ring (bicyclic) bond motifs is 1. The Morgan fingerprint density at radius 3 is 2.48 bits per heavy atom. The summed E-state index contributed by atoms with van der Waals surface area (Å²) in [5, 5.41) is 21.9. The second-order valence-corrected chi connectivity index (χ2v) is 7.45. The molecule has 2 heterocycles. The number of rotatable bonds is 5. The van der Waals surface area contributed by atoms with Crippen molar-refractivity contribution < 1.29 is 71.2 Å². The van der Waals surface area contributed by atoms with E-state index in [1.165, 1.54) is 4.90 Å². The van der Waals surface area contributed by atoms with E-state index in [1.54, 1.807) is 6.92 Å². The third kappa shape index (κ3) is 3.78. The molecule has 0 saturated carbocycles. The Labute approximate surface area is 212 Å². The molecular formula is C23H22KNO4. The minimum absolute atomic E-state index is 0. The van der Waals surface area contributed by atoms with Crippen LogP contribution in [0.2, 0.25) is 0 Å². The number of β-lactam (4-membered cyclic amide) rings is 1. The maximum absolute atomic E-state index is 12.5. The second-order valence-electron chi connectivity index (χ2n) is 7.45. The van der Waals surface area contributed by atoms with Crippen molar-refractivity contribution in [3.8, 4) is 11.1 Å². The van der Waals surface area contributed by atoms with E-state index in [-0.39, 0.29) is 69.0 Å². The summed E-state index contributed by atoms with van der Waals surface area (Å²) in [5.41, 5.74) is 4.47. The molecule has 1 fully saturated rings. The number of aryl methyl sites for hydroxylation is 1. The Balaban J connectivity index is 0.00000240. The largest absolute Gasteiger partial charge is 1.00 e. The quantitative estimate of drug-likeness (QED) is 0.501. The van der Waals surface area contributed by atoms with Gasteiger partial charge in [-0.2, -0.15) is 0 Å². The molecule has 0 bridgehead atoms. The third-order valence-corrected chi connectivity index (χ3v) is 5.84. The SMILES string of the molecule is CCc1ccc(-c2ccccc2)cc1C1=C(C(=O)[O-])N2C(=O)[C@H]([C@@H](C)O)C2C1.[K+]. The maximum Gasteiger partial charge on any atom is 1.00 e. The summed E-state index contributed by atoms with van der Waals surface area (Å²) in [6.45, 7) is 3.60. The molecule has 0 radical (unpaired) electrons. The van der Waals surface area contributed by atoms with Crippen molar-refractivity contribution in [2.45, 2.75) is 38.8 Å². The molecule has 0 aliphatic carbocycles. The van der Waals surface area contributed by atoms with Gasteiger partial charge in [-0.25, -0.2) is 0 Å². The molecule has 6 heteroatoms.